The summed E-state index contributed by atoms with van der Waals surface area (Å²) >= 11 is 13.2. The van der Waals surface area contributed by atoms with Crippen LogP contribution in [0.15, 0.2) is 17.6 Å². The van der Waals surface area contributed by atoms with Crippen LogP contribution in [0.1, 0.15) is 18.0 Å². The van der Waals surface area contributed by atoms with Crippen molar-refractivity contribution in [2.75, 3.05) is 5.32 Å². The fourth-order valence-electron chi connectivity index (χ4n) is 1.20. The molecular formula is C9H8Cl2N4S. The average molecular weight is 275 g/mol. The largest absolute Gasteiger partial charge is 0.373 e. The van der Waals surface area contributed by atoms with E-state index in [4.69, 9.17) is 23.2 Å². The van der Waals surface area contributed by atoms with E-state index in [0.29, 0.717) is 16.0 Å². The maximum atomic E-state index is 5.89. The number of anilines is 1. The van der Waals surface area contributed by atoms with Crippen LogP contribution in [-0.4, -0.2) is 15.2 Å². The van der Waals surface area contributed by atoms with Gasteiger partial charge in [-0.05, 0) is 6.92 Å². The lowest BCUT2D eigenvalue weighted by Crippen LogP contribution is -2.07. The minimum Gasteiger partial charge on any atom is -0.373 e. The molecule has 2 aromatic rings. The molecule has 1 unspecified atom stereocenters. The first-order chi connectivity index (χ1) is 7.66. The van der Waals surface area contributed by atoms with Gasteiger partial charge in [0.1, 0.15) is 5.01 Å². The summed E-state index contributed by atoms with van der Waals surface area (Å²) in [6, 6.07) is 1.69. The summed E-state index contributed by atoms with van der Waals surface area (Å²) in [5.74, 6) is 0. The SMILES string of the molecule is CC(Nc1cc(Cl)nnc1Cl)c1nccs1. The number of hydrogen-bond donors (Lipinski definition) is 1. The highest BCUT2D eigenvalue weighted by molar-refractivity contribution is 7.09. The van der Waals surface area contributed by atoms with Crippen molar-refractivity contribution in [1.29, 1.82) is 0 Å². The zero-order valence-corrected chi connectivity index (χ0v) is 10.6. The Hall–Kier alpha value is -0.910. The van der Waals surface area contributed by atoms with Gasteiger partial charge in [-0.15, -0.1) is 21.5 Å². The molecule has 0 fully saturated rings. The number of nitrogens with zero attached hydrogens (tertiary/aromatic N) is 3. The normalized spacial score (nSPS) is 12.4. The molecule has 0 amide bonds. The third-order valence-electron chi connectivity index (χ3n) is 1.91. The van der Waals surface area contributed by atoms with Crippen LogP contribution in [0.3, 0.4) is 0 Å². The third kappa shape index (κ3) is 2.61. The highest BCUT2D eigenvalue weighted by atomic mass is 35.5. The van der Waals surface area contributed by atoms with Gasteiger partial charge in [0.15, 0.2) is 10.3 Å². The van der Waals surface area contributed by atoms with Crippen LogP contribution in [-0.2, 0) is 0 Å². The van der Waals surface area contributed by atoms with E-state index in [1.807, 2.05) is 12.3 Å². The average Bonchev–Trinajstić information content (AvgIpc) is 2.76. The van der Waals surface area contributed by atoms with Gasteiger partial charge in [0.25, 0.3) is 0 Å². The minimum atomic E-state index is 0.0535. The number of hydrogen-bond acceptors (Lipinski definition) is 5. The van der Waals surface area contributed by atoms with Gasteiger partial charge in [-0.1, -0.05) is 23.2 Å². The van der Waals surface area contributed by atoms with Crippen LogP contribution in [0.25, 0.3) is 0 Å². The summed E-state index contributed by atoms with van der Waals surface area (Å²) in [5, 5.41) is 14.0. The summed E-state index contributed by atoms with van der Waals surface area (Å²) < 4.78 is 0. The van der Waals surface area contributed by atoms with Crippen LogP contribution < -0.4 is 5.32 Å². The van der Waals surface area contributed by atoms with E-state index in [1.165, 1.54) is 0 Å². The predicted molar refractivity (Wildman–Crippen MR) is 66.2 cm³/mol. The van der Waals surface area contributed by atoms with Gasteiger partial charge in [0, 0.05) is 17.6 Å². The Kier molecular flexibility index (Phi) is 3.58. The van der Waals surface area contributed by atoms with Crippen molar-refractivity contribution in [1.82, 2.24) is 15.2 Å². The van der Waals surface area contributed by atoms with Crippen molar-refractivity contribution >= 4 is 40.2 Å². The van der Waals surface area contributed by atoms with E-state index in [-0.39, 0.29) is 6.04 Å². The van der Waals surface area contributed by atoms with Gasteiger partial charge in [-0.2, -0.15) is 0 Å². The Balaban J connectivity index is 2.17. The molecule has 4 nitrogen and oxygen atoms in total. The monoisotopic (exact) mass is 274 g/mol. The van der Waals surface area contributed by atoms with Crippen molar-refractivity contribution in [2.24, 2.45) is 0 Å². The van der Waals surface area contributed by atoms with Crippen molar-refractivity contribution in [3.8, 4) is 0 Å². The maximum Gasteiger partial charge on any atom is 0.174 e. The van der Waals surface area contributed by atoms with Crippen LogP contribution in [0.2, 0.25) is 10.3 Å². The summed E-state index contributed by atoms with van der Waals surface area (Å²) in [5.41, 5.74) is 0.657. The lowest BCUT2D eigenvalue weighted by Gasteiger charge is -2.13. The van der Waals surface area contributed by atoms with Crippen LogP contribution in [0.4, 0.5) is 5.69 Å². The summed E-state index contributed by atoms with van der Waals surface area (Å²) in [7, 11) is 0. The van der Waals surface area contributed by atoms with Gasteiger partial charge < -0.3 is 5.32 Å². The second-order valence-corrected chi connectivity index (χ2v) is 4.78. The number of thiazole rings is 1. The summed E-state index contributed by atoms with van der Waals surface area (Å²) in [4.78, 5) is 4.21. The lowest BCUT2D eigenvalue weighted by atomic mass is 10.3. The van der Waals surface area contributed by atoms with E-state index >= 15 is 0 Å². The van der Waals surface area contributed by atoms with Gasteiger partial charge in [-0.3, -0.25) is 0 Å². The second-order valence-electron chi connectivity index (χ2n) is 3.11. The fraction of sp³-hybridized carbons (Fsp3) is 0.222. The second kappa shape index (κ2) is 4.95. The van der Waals surface area contributed by atoms with Crippen LogP contribution >= 0.6 is 34.5 Å². The molecule has 2 aromatic heterocycles. The van der Waals surface area contributed by atoms with Crippen LogP contribution in [0.5, 0.6) is 0 Å². The standard InChI is InChI=1S/C9H8Cl2N4S/c1-5(9-12-2-3-16-9)13-6-4-7(10)14-15-8(6)11/h2-5H,1H3,(H,13,14). The molecule has 0 aromatic carbocycles. The van der Waals surface area contributed by atoms with Gasteiger partial charge in [0.2, 0.25) is 0 Å². The van der Waals surface area contributed by atoms with Gasteiger partial charge >= 0.3 is 0 Å². The molecule has 7 heteroatoms. The molecule has 2 heterocycles. The first-order valence-corrected chi connectivity index (χ1v) is 6.15. The Bertz CT molecular complexity index is 474. The van der Waals surface area contributed by atoms with E-state index in [2.05, 4.69) is 20.5 Å². The minimum absolute atomic E-state index is 0.0535. The van der Waals surface area contributed by atoms with E-state index in [9.17, 15) is 0 Å². The topological polar surface area (TPSA) is 50.7 Å². The molecule has 0 saturated heterocycles. The van der Waals surface area contributed by atoms with E-state index in [0.717, 1.165) is 5.01 Å². The number of rotatable bonds is 3. The molecule has 16 heavy (non-hydrogen) atoms. The van der Waals surface area contributed by atoms with Crippen LogP contribution in [0, 0.1) is 0 Å². The van der Waals surface area contributed by atoms with Gasteiger partial charge in [-0.25, -0.2) is 4.98 Å². The molecule has 84 valence electrons. The molecule has 0 aliphatic heterocycles. The maximum absolute atomic E-state index is 5.89. The highest BCUT2D eigenvalue weighted by Crippen LogP contribution is 2.26. The predicted octanol–water partition coefficient (Wildman–Crippen LogP) is 3.41. The fourth-order valence-corrected chi connectivity index (χ4v) is 2.14. The molecule has 0 aliphatic carbocycles. The zero-order valence-electron chi connectivity index (χ0n) is 8.32. The number of nitrogens with one attached hydrogen (secondary N) is 1. The molecular weight excluding hydrogens is 267 g/mol. The molecule has 0 aliphatic rings. The Morgan fingerprint density at radius 1 is 1.38 bits per heavy atom. The van der Waals surface area contributed by atoms with E-state index < -0.39 is 0 Å². The Morgan fingerprint density at radius 2 is 2.19 bits per heavy atom. The molecule has 2 rings (SSSR count). The van der Waals surface area contributed by atoms with Crippen molar-refractivity contribution in [2.45, 2.75) is 13.0 Å². The summed E-state index contributed by atoms with van der Waals surface area (Å²) in [6.07, 6.45) is 1.76. The van der Waals surface area contributed by atoms with Crippen molar-refractivity contribution in [3.63, 3.8) is 0 Å². The van der Waals surface area contributed by atoms with Crippen molar-refractivity contribution < 1.29 is 0 Å². The zero-order chi connectivity index (χ0) is 11.5. The summed E-state index contributed by atoms with van der Waals surface area (Å²) in [6.45, 7) is 1.99. The first kappa shape index (κ1) is 11.6. The van der Waals surface area contributed by atoms with E-state index in [1.54, 1.807) is 23.6 Å². The number of halogens is 2. The smallest absolute Gasteiger partial charge is 0.174 e. The van der Waals surface area contributed by atoms with Gasteiger partial charge in [0.05, 0.1) is 11.7 Å². The van der Waals surface area contributed by atoms with Crippen molar-refractivity contribution in [3.05, 3.63) is 33.0 Å². The third-order valence-corrected chi connectivity index (χ3v) is 3.34. The Morgan fingerprint density at radius 3 is 2.88 bits per heavy atom. The molecule has 0 bridgehead atoms. The number of aromatic nitrogens is 3. The lowest BCUT2D eigenvalue weighted by molar-refractivity contribution is 0.864. The highest BCUT2D eigenvalue weighted by Gasteiger charge is 2.11. The quantitative estimate of drug-likeness (QED) is 0.932. The molecule has 1 atom stereocenters. The first-order valence-electron chi connectivity index (χ1n) is 4.51. The Labute approximate surface area is 107 Å². The molecule has 1 N–H and O–H groups in total. The molecule has 0 radical (unpaired) electrons. The molecule has 0 saturated carbocycles. The molecule has 0 spiro atoms.